The Morgan fingerprint density at radius 2 is 2.00 bits per heavy atom. The van der Waals surface area contributed by atoms with Crippen molar-refractivity contribution in [3.8, 4) is 0 Å². The first-order valence-corrected chi connectivity index (χ1v) is 9.37. The van der Waals surface area contributed by atoms with E-state index < -0.39 is 0 Å². The molecule has 2 saturated heterocycles. The Morgan fingerprint density at radius 1 is 1.25 bits per heavy atom. The summed E-state index contributed by atoms with van der Waals surface area (Å²) in [6, 6.07) is 4.72. The SMILES string of the molecule is CC1(C)CC(N2CCC[C@@H](OCc3cccnc3)C2)CC(C)(C)N1. The van der Waals surface area contributed by atoms with Crippen LogP contribution in [0.2, 0.25) is 0 Å². The fourth-order valence-electron chi connectivity index (χ4n) is 4.66. The van der Waals surface area contributed by atoms with Crippen LogP contribution < -0.4 is 5.32 Å². The van der Waals surface area contributed by atoms with E-state index in [1.54, 1.807) is 0 Å². The Hall–Kier alpha value is -0.970. The van der Waals surface area contributed by atoms with Crippen LogP contribution in [-0.4, -0.2) is 46.2 Å². The molecule has 24 heavy (non-hydrogen) atoms. The highest BCUT2D eigenvalue weighted by Gasteiger charge is 2.40. The minimum absolute atomic E-state index is 0.204. The maximum Gasteiger partial charge on any atom is 0.0736 e. The number of nitrogens with one attached hydrogen (secondary N) is 1. The van der Waals surface area contributed by atoms with Gasteiger partial charge in [-0.05, 0) is 71.6 Å². The summed E-state index contributed by atoms with van der Waals surface area (Å²) in [5.41, 5.74) is 1.57. The molecule has 1 N–H and O–H groups in total. The average molecular weight is 332 g/mol. The quantitative estimate of drug-likeness (QED) is 0.918. The van der Waals surface area contributed by atoms with Gasteiger partial charge in [-0.2, -0.15) is 0 Å². The smallest absolute Gasteiger partial charge is 0.0736 e. The summed E-state index contributed by atoms with van der Waals surface area (Å²) in [4.78, 5) is 6.85. The molecular weight excluding hydrogens is 298 g/mol. The Morgan fingerprint density at radius 3 is 2.67 bits per heavy atom. The molecule has 1 aromatic rings. The summed E-state index contributed by atoms with van der Waals surface area (Å²) < 4.78 is 6.20. The van der Waals surface area contributed by atoms with E-state index in [-0.39, 0.29) is 11.1 Å². The van der Waals surface area contributed by atoms with Gasteiger partial charge in [0, 0.05) is 36.1 Å². The standard InChI is InChI=1S/C20H33N3O/c1-19(2)11-17(12-20(3,4)22-19)23-10-6-8-18(14-23)24-15-16-7-5-9-21-13-16/h5,7,9,13,17-18,22H,6,8,10-12,14-15H2,1-4H3/t18-/m1/s1. The molecule has 1 aromatic heterocycles. The van der Waals surface area contributed by atoms with Gasteiger partial charge in [0.25, 0.3) is 0 Å². The molecule has 2 aliphatic heterocycles. The highest BCUT2D eigenvalue weighted by Crippen LogP contribution is 2.33. The van der Waals surface area contributed by atoms with E-state index in [4.69, 9.17) is 4.74 Å². The summed E-state index contributed by atoms with van der Waals surface area (Å²) in [6.45, 7) is 12.3. The minimum Gasteiger partial charge on any atom is -0.372 e. The van der Waals surface area contributed by atoms with Crippen LogP contribution in [0, 0.1) is 0 Å². The van der Waals surface area contributed by atoms with Crippen LogP contribution in [0.3, 0.4) is 0 Å². The van der Waals surface area contributed by atoms with Crippen LogP contribution in [-0.2, 0) is 11.3 Å². The molecule has 1 atom stereocenters. The van der Waals surface area contributed by atoms with Crippen molar-refractivity contribution in [3.63, 3.8) is 0 Å². The summed E-state index contributed by atoms with van der Waals surface area (Å²) >= 11 is 0. The molecule has 0 saturated carbocycles. The molecule has 0 aliphatic carbocycles. The molecule has 2 fully saturated rings. The molecule has 0 radical (unpaired) electrons. The summed E-state index contributed by atoms with van der Waals surface area (Å²) in [5.74, 6) is 0. The number of rotatable bonds is 4. The van der Waals surface area contributed by atoms with Crippen molar-refractivity contribution in [2.75, 3.05) is 13.1 Å². The lowest BCUT2D eigenvalue weighted by Gasteiger charge is -2.51. The van der Waals surface area contributed by atoms with E-state index >= 15 is 0 Å². The fourth-order valence-corrected chi connectivity index (χ4v) is 4.66. The monoisotopic (exact) mass is 331 g/mol. The largest absolute Gasteiger partial charge is 0.372 e. The number of ether oxygens (including phenoxy) is 1. The van der Waals surface area contributed by atoms with Gasteiger partial charge in [-0.1, -0.05) is 6.07 Å². The Bertz CT molecular complexity index is 513. The van der Waals surface area contributed by atoms with Crippen LogP contribution >= 0.6 is 0 Å². The minimum atomic E-state index is 0.204. The Balaban J connectivity index is 1.57. The summed E-state index contributed by atoms with van der Waals surface area (Å²) in [6.07, 6.45) is 8.90. The third kappa shape index (κ3) is 4.78. The zero-order chi connectivity index (χ0) is 17.2. The lowest BCUT2D eigenvalue weighted by molar-refractivity contribution is -0.0373. The second kappa shape index (κ2) is 7.11. The number of hydrogen-bond donors (Lipinski definition) is 1. The van der Waals surface area contributed by atoms with Crippen LogP contribution in [0.15, 0.2) is 24.5 Å². The van der Waals surface area contributed by atoms with Gasteiger partial charge in [0.1, 0.15) is 0 Å². The van der Waals surface area contributed by atoms with Gasteiger partial charge < -0.3 is 10.1 Å². The van der Waals surface area contributed by atoms with Gasteiger partial charge in [0.2, 0.25) is 0 Å². The molecule has 134 valence electrons. The number of aromatic nitrogens is 1. The third-order valence-electron chi connectivity index (χ3n) is 5.30. The van der Waals surface area contributed by atoms with E-state index in [0.29, 0.717) is 18.8 Å². The summed E-state index contributed by atoms with van der Waals surface area (Å²) in [5, 5.41) is 3.79. The van der Waals surface area contributed by atoms with Crippen molar-refractivity contribution >= 4 is 0 Å². The second-order valence-corrected chi connectivity index (χ2v) is 8.89. The lowest BCUT2D eigenvalue weighted by atomic mass is 9.78. The van der Waals surface area contributed by atoms with E-state index in [1.165, 1.54) is 37.8 Å². The molecule has 3 heterocycles. The zero-order valence-corrected chi connectivity index (χ0v) is 15.7. The molecule has 0 unspecified atom stereocenters. The maximum absolute atomic E-state index is 6.20. The van der Waals surface area contributed by atoms with Crippen LogP contribution in [0.25, 0.3) is 0 Å². The number of pyridine rings is 1. The van der Waals surface area contributed by atoms with Crippen molar-refractivity contribution in [2.45, 2.75) is 83.2 Å². The predicted octanol–water partition coefficient (Wildman–Crippen LogP) is 3.37. The maximum atomic E-state index is 6.20. The van der Waals surface area contributed by atoms with E-state index in [9.17, 15) is 0 Å². The first kappa shape index (κ1) is 17.8. The molecule has 0 spiro atoms. The van der Waals surface area contributed by atoms with Crippen molar-refractivity contribution in [1.29, 1.82) is 0 Å². The van der Waals surface area contributed by atoms with Gasteiger partial charge >= 0.3 is 0 Å². The molecule has 4 heteroatoms. The average Bonchev–Trinajstić information content (AvgIpc) is 2.51. The van der Waals surface area contributed by atoms with Crippen molar-refractivity contribution in [2.24, 2.45) is 0 Å². The number of hydrogen-bond acceptors (Lipinski definition) is 4. The third-order valence-corrected chi connectivity index (χ3v) is 5.30. The Kier molecular flexibility index (Phi) is 5.28. The Labute approximate surface area is 147 Å². The normalized spacial score (nSPS) is 27.9. The molecule has 0 bridgehead atoms. The number of likely N-dealkylation sites (tertiary alicyclic amines) is 1. The van der Waals surface area contributed by atoms with Crippen molar-refractivity contribution in [3.05, 3.63) is 30.1 Å². The molecule has 2 aliphatic rings. The van der Waals surface area contributed by atoms with Crippen LogP contribution in [0.4, 0.5) is 0 Å². The number of piperidine rings is 2. The topological polar surface area (TPSA) is 37.4 Å². The lowest BCUT2D eigenvalue weighted by Crippen LogP contribution is -2.63. The van der Waals surface area contributed by atoms with E-state index in [1.807, 2.05) is 18.5 Å². The van der Waals surface area contributed by atoms with Gasteiger partial charge in [0.05, 0.1) is 12.7 Å². The molecular formula is C20H33N3O. The van der Waals surface area contributed by atoms with Gasteiger partial charge in [0.15, 0.2) is 0 Å². The van der Waals surface area contributed by atoms with Crippen molar-refractivity contribution < 1.29 is 4.74 Å². The highest BCUT2D eigenvalue weighted by atomic mass is 16.5. The highest BCUT2D eigenvalue weighted by molar-refractivity contribution is 5.07. The first-order valence-electron chi connectivity index (χ1n) is 9.37. The second-order valence-electron chi connectivity index (χ2n) is 8.89. The fraction of sp³-hybridized carbons (Fsp3) is 0.750. The van der Waals surface area contributed by atoms with Crippen LogP contribution in [0.5, 0.6) is 0 Å². The molecule has 4 nitrogen and oxygen atoms in total. The predicted molar refractivity (Wildman–Crippen MR) is 97.9 cm³/mol. The van der Waals surface area contributed by atoms with Crippen LogP contribution in [0.1, 0.15) is 58.9 Å². The zero-order valence-electron chi connectivity index (χ0n) is 15.7. The van der Waals surface area contributed by atoms with E-state index in [2.05, 4.69) is 49.0 Å². The van der Waals surface area contributed by atoms with Gasteiger partial charge in [-0.3, -0.25) is 9.88 Å². The molecule has 3 rings (SSSR count). The number of nitrogens with zero attached hydrogens (tertiary/aromatic N) is 2. The summed E-state index contributed by atoms with van der Waals surface area (Å²) in [7, 11) is 0. The van der Waals surface area contributed by atoms with Gasteiger partial charge in [-0.15, -0.1) is 0 Å². The molecule has 0 amide bonds. The van der Waals surface area contributed by atoms with Crippen molar-refractivity contribution in [1.82, 2.24) is 15.2 Å². The van der Waals surface area contributed by atoms with Gasteiger partial charge in [-0.25, -0.2) is 0 Å². The van der Waals surface area contributed by atoms with E-state index in [0.717, 1.165) is 6.54 Å². The molecule has 0 aromatic carbocycles. The first-order chi connectivity index (χ1) is 11.3.